The lowest BCUT2D eigenvalue weighted by molar-refractivity contribution is -0.274. The highest BCUT2D eigenvalue weighted by atomic mass is 19.4. The van der Waals surface area contributed by atoms with Crippen LogP contribution in [0.25, 0.3) is 17.0 Å². The van der Waals surface area contributed by atoms with Crippen LogP contribution >= 0.6 is 0 Å². The smallest absolute Gasteiger partial charge is 0.406 e. The van der Waals surface area contributed by atoms with Crippen molar-refractivity contribution in [1.29, 1.82) is 0 Å². The van der Waals surface area contributed by atoms with Gasteiger partial charge in [0.15, 0.2) is 0 Å². The Balaban J connectivity index is 1.48. The third kappa shape index (κ3) is 4.80. The van der Waals surface area contributed by atoms with E-state index >= 15 is 0 Å². The maximum absolute atomic E-state index is 12.3. The predicted molar refractivity (Wildman–Crippen MR) is 105 cm³/mol. The largest absolute Gasteiger partial charge is 0.573 e. The van der Waals surface area contributed by atoms with Gasteiger partial charge in [-0.15, -0.1) is 13.2 Å². The van der Waals surface area contributed by atoms with E-state index < -0.39 is 6.36 Å². The van der Waals surface area contributed by atoms with E-state index in [0.717, 1.165) is 17.7 Å². The molecule has 0 radical (unpaired) electrons. The van der Waals surface area contributed by atoms with Gasteiger partial charge in [-0.2, -0.15) is 4.98 Å². The van der Waals surface area contributed by atoms with Gasteiger partial charge in [-0.1, -0.05) is 29.4 Å². The first-order chi connectivity index (χ1) is 14.4. The average Bonchev–Trinajstić information content (AvgIpc) is 3.20. The number of ether oxygens (including phenoxy) is 1. The van der Waals surface area contributed by atoms with Crippen molar-refractivity contribution in [3.8, 4) is 17.1 Å². The fourth-order valence-electron chi connectivity index (χ4n) is 2.97. The molecule has 1 aromatic heterocycles. The van der Waals surface area contributed by atoms with Gasteiger partial charge >= 0.3 is 6.36 Å². The van der Waals surface area contributed by atoms with Crippen LogP contribution in [0, 0.1) is 0 Å². The number of rotatable bonds is 5. The number of hydrogen-bond acceptors (Lipinski definition) is 6. The van der Waals surface area contributed by atoms with Crippen LogP contribution in [0.3, 0.4) is 0 Å². The van der Waals surface area contributed by atoms with Crippen molar-refractivity contribution in [2.75, 3.05) is 12.3 Å². The molecule has 0 saturated carbocycles. The molecular weight excluding hydrogens is 397 g/mol. The number of allylic oxidation sites excluding steroid dienone is 2. The Bertz CT molecular complexity index is 1070. The zero-order valence-electron chi connectivity index (χ0n) is 15.6. The minimum absolute atomic E-state index is 0.272. The third-order valence-corrected chi connectivity index (χ3v) is 4.34. The minimum Gasteiger partial charge on any atom is -0.406 e. The second-order valence-electron chi connectivity index (χ2n) is 6.65. The minimum atomic E-state index is -4.74. The quantitative estimate of drug-likeness (QED) is 0.614. The molecule has 2 heterocycles. The number of nitrogens with zero attached hydrogens (tertiary/aromatic N) is 3. The molecule has 0 saturated heterocycles. The van der Waals surface area contributed by atoms with E-state index in [1.54, 1.807) is 0 Å². The molecule has 30 heavy (non-hydrogen) atoms. The summed E-state index contributed by atoms with van der Waals surface area (Å²) in [4.78, 5) is 6.45. The Morgan fingerprint density at radius 1 is 1.07 bits per heavy atom. The Morgan fingerprint density at radius 2 is 1.80 bits per heavy atom. The molecule has 3 aromatic rings. The van der Waals surface area contributed by atoms with Gasteiger partial charge in [0.2, 0.25) is 5.82 Å². The van der Waals surface area contributed by atoms with Crippen molar-refractivity contribution < 1.29 is 22.4 Å². The molecule has 0 bridgehead atoms. The third-order valence-electron chi connectivity index (χ3n) is 4.34. The van der Waals surface area contributed by atoms with E-state index in [1.807, 2.05) is 42.6 Å². The number of hydrogen-bond donors (Lipinski definition) is 1. The lowest BCUT2D eigenvalue weighted by atomic mass is 10.1. The number of alkyl halides is 3. The van der Waals surface area contributed by atoms with Crippen LogP contribution in [0.1, 0.15) is 11.5 Å². The standard InChI is InChI=1S/C21H17F3N4O2/c22-21(23,24)29-18-9-5-15(6-10-18)19-26-20(30-27-19)16-2-1-11-28(13-16)12-14-3-7-17(25)8-4-14/h1-10,13H,11-12,25H2. The number of aromatic nitrogens is 2. The van der Waals surface area contributed by atoms with E-state index in [0.29, 0.717) is 23.7 Å². The fraction of sp³-hybridized carbons (Fsp3) is 0.143. The molecule has 1 aliphatic rings. The summed E-state index contributed by atoms with van der Waals surface area (Å²) in [6, 6.07) is 12.9. The summed E-state index contributed by atoms with van der Waals surface area (Å²) in [5, 5.41) is 3.93. The first-order valence-electron chi connectivity index (χ1n) is 9.03. The van der Waals surface area contributed by atoms with Gasteiger partial charge in [0.05, 0.1) is 5.57 Å². The van der Waals surface area contributed by atoms with Crippen molar-refractivity contribution >= 4 is 11.3 Å². The van der Waals surface area contributed by atoms with Gasteiger partial charge in [0.1, 0.15) is 5.75 Å². The molecule has 0 spiro atoms. The van der Waals surface area contributed by atoms with Gasteiger partial charge in [0, 0.05) is 30.5 Å². The summed E-state index contributed by atoms with van der Waals surface area (Å²) >= 11 is 0. The number of benzene rings is 2. The highest BCUT2D eigenvalue weighted by Crippen LogP contribution is 2.27. The summed E-state index contributed by atoms with van der Waals surface area (Å²) in [7, 11) is 0. The van der Waals surface area contributed by atoms with Crippen molar-refractivity contribution in [2.24, 2.45) is 0 Å². The summed E-state index contributed by atoms with van der Waals surface area (Å²) in [5.41, 5.74) is 8.80. The molecule has 4 rings (SSSR count). The average molecular weight is 414 g/mol. The number of nitrogen functional groups attached to an aromatic ring is 1. The highest BCUT2D eigenvalue weighted by molar-refractivity contribution is 5.70. The number of halogens is 3. The molecule has 2 N–H and O–H groups in total. The second kappa shape index (κ2) is 7.94. The number of anilines is 1. The summed E-state index contributed by atoms with van der Waals surface area (Å²) in [6.45, 7) is 1.42. The van der Waals surface area contributed by atoms with Gasteiger partial charge in [-0.3, -0.25) is 0 Å². The molecule has 0 unspecified atom stereocenters. The molecule has 2 aromatic carbocycles. The molecular formula is C21H17F3N4O2. The Labute approximate surface area is 170 Å². The normalized spacial score (nSPS) is 14.0. The molecule has 1 aliphatic heterocycles. The number of nitrogens with two attached hydrogens (primary N) is 1. The van der Waals surface area contributed by atoms with Crippen LogP contribution in [-0.2, 0) is 6.54 Å². The van der Waals surface area contributed by atoms with Crippen LogP contribution in [0.15, 0.2) is 71.4 Å². The molecule has 6 nitrogen and oxygen atoms in total. The van der Waals surface area contributed by atoms with Crippen molar-refractivity contribution in [1.82, 2.24) is 15.0 Å². The van der Waals surface area contributed by atoms with Crippen LogP contribution in [0.2, 0.25) is 0 Å². The maximum Gasteiger partial charge on any atom is 0.573 e. The Hall–Kier alpha value is -3.75. The van der Waals surface area contributed by atoms with E-state index in [2.05, 4.69) is 19.8 Å². The lowest BCUT2D eigenvalue weighted by Crippen LogP contribution is -2.19. The summed E-state index contributed by atoms with van der Waals surface area (Å²) < 4.78 is 46.0. The van der Waals surface area contributed by atoms with Crippen LogP contribution < -0.4 is 10.5 Å². The van der Waals surface area contributed by atoms with Gasteiger partial charge < -0.3 is 19.9 Å². The fourth-order valence-corrected chi connectivity index (χ4v) is 2.97. The Morgan fingerprint density at radius 3 is 2.50 bits per heavy atom. The first-order valence-corrected chi connectivity index (χ1v) is 9.03. The predicted octanol–water partition coefficient (Wildman–Crippen LogP) is 4.63. The summed E-state index contributed by atoms with van der Waals surface area (Å²) in [6.07, 6.45) is 1.06. The maximum atomic E-state index is 12.3. The Kier molecular flexibility index (Phi) is 5.18. The van der Waals surface area contributed by atoms with E-state index in [1.165, 1.54) is 24.3 Å². The van der Waals surface area contributed by atoms with Crippen LogP contribution in [0.4, 0.5) is 18.9 Å². The molecule has 0 aliphatic carbocycles. The zero-order chi connectivity index (χ0) is 21.1. The molecule has 154 valence electrons. The zero-order valence-corrected chi connectivity index (χ0v) is 15.6. The first kappa shape index (κ1) is 19.6. The molecule has 0 atom stereocenters. The second-order valence-corrected chi connectivity index (χ2v) is 6.65. The topological polar surface area (TPSA) is 77.4 Å². The van der Waals surface area contributed by atoms with Crippen LogP contribution in [-0.4, -0.2) is 27.9 Å². The lowest BCUT2D eigenvalue weighted by Gasteiger charge is -2.22. The van der Waals surface area contributed by atoms with Crippen molar-refractivity contribution in [3.63, 3.8) is 0 Å². The van der Waals surface area contributed by atoms with Crippen LogP contribution in [0.5, 0.6) is 5.75 Å². The van der Waals surface area contributed by atoms with Gasteiger partial charge in [-0.25, -0.2) is 0 Å². The van der Waals surface area contributed by atoms with Gasteiger partial charge in [-0.05, 0) is 42.0 Å². The van der Waals surface area contributed by atoms with Gasteiger partial charge in [0.25, 0.3) is 5.89 Å². The molecule has 0 amide bonds. The van der Waals surface area contributed by atoms with E-state index in [9.17, 15) is 13.2 Å². The molecule has 0 fully saturated rings. The molecule has 9 heteroatoms. The van der Waals surface area contributed by atoms with E-state index in [-0.39, 0.29) is 11.6 Å². The SMILES string of the molecule is Nc1ccc(CN2C=C(c3nc(-c4ccc(OC(F)(F)F)cc4)no3)C=CC2)cc1. The highest BCUT2D eigenvalue weighted by Gasteiger charge is 2.31. The summed E-state index contributed by atoms with van der Waals surface area (Å²) in [5.74, 6) is 0.276. The monoisotopic (exact) mass is 414 g/mol. The van der Waals surface area contributed by atoms with E-state index in [4.69, 9.17) is 10.3 Å². The van der Waals surface area contributed by atoms with Crippen molar-refractivity contribution in [2.45, 2.75) is 12.9 Å². The van der Waals surface area contributed by atoms with Crippen molar-refractivity contribution in [3.05, 3.63) is 78.3 Å².